The van der Waals surface area contributed by atoms with Crippen LogP contribution in [0.15, 0.2) is 18.2 Å². The summed E-state index contributed by atoms with van der Waals surface area (Å²) < 4.78 is 16.3. The number of carbonyl (C=O) groups is 2. The molecule has 2 saturated heterocycles. The number of aromatic nitrogens is 2. The number of primary amides is 1. The summed E-state index contributed by atoms with van der Waals surface area (Å²) >= 11 is 0. The first-order valence-corrected chi connectivity index (χ1v) is 11.8. The van der Waals surface area contributed by atoms with Gasteiger partial charge in [-0.05, 0) is 64.1 Å². The number of methoxy groups -OCH3 is 1. The van der Waals surface area contributed by atoms with E-state index in [1.807, 2.05) is 17.0 Å². The van der Waals surface area contributed by atoms with Gasteiger partial charge in [-0.3, -0.25) is 4.79 Å². The average Bonchev–Trinajstić information content (AvgIpc) is 3.43. The van der Waals surface area contributed by atoms with Crippen LogP contribution in [-0.2, 0) is 18.8 Å². The smallest absolute Gasteiger partial charge is 0.453 e. The lowest BCUT2D eigenvalue weighted by atomic mass is 9.79. The lowest BCUT2D eigenvalue weighted by Crippen LogP contribution is -2.41. The van der Waals surface area contributed by atoms with Gasteiger partial charge < -0.3 is 29.7 Å². The lowest BCUT2D eigenvalue weighted by molar-refractivity contribution is -0.133. The molecule has 3 heterocycles. The Morgan fingerprint density at radius 3 is 2.44 bits per heavy atom. The number of nitrogens with one attached hydrogen (secondary N) is 1. The number of likely N-dealkylation sites (tertiary alicyclic amines) is 1. The number of nitrogens with two attached hydrogens (primary N) is 1. The minimum absolute atomic E-state index is 0.0361. The molecule has 10 heteroatoms. The van der Waals surface area contributed by atoms with Gasteiger partial charge in [0.05, 0.1) is 35.4 Å². The quantitative estimate of drug-likeness (QED) is 0.659. The molecule has 1 aromatic carbocycles. The standard InChI is InChI=1S/C22H32BN3O3.C2H5NO2/c1-14(2)12-19(27)26-11-7-8-18(26)20-24-16-10-9-15(13-17(16)25-20)23-28-21(3,4)22(5,6)29-23;1-5-2(3)4/h9-10,13-14,18H,7-8,11-12H2,1-6H3,(H,24,25);1H3,(H2,3,4). The molecule has 1 aromatic heterocycles. The first-order valence-electron chi connectivity index (χ1n) is 11.8. The minimum Gasteiger partial charge on any atom is -0.453 e. The minimum atomic E-state index is -0.745. The van der Waals surface area contributed by atoms with Crippen molar-refractivity contribution >= 4 is 35.6 Å². The highest BCUT2D eigenvalue weighted by molar-refractivity contribution is 6.62. The summed E-state index contributed by atoms with van der Waals surface area (Å²) in [5, 5.41) is 0. The SMILES string of the molecule is CC(C)CC(=O)N1CCCC1c1nc2ccc(B3OC(C)(C)C(C)(C)O3)cc2[nH]1.COC(N)=O. The average molecular weight is 472 g/mol. The van der Waals surface area contributed by atoms with Crippen LogP contribution >= 0.6 is 0 Å². The highest BCUT2D eigenvalue weighted by atomic mass is 16.7. The third kappa shape index (κ3) is 5.55. The topological polar surface area (TPSA) is 120 Å². The van der Waals surface area contributed by atoms with Crippen LogP contribution in [-0.4, -0.2) is 58.8 Å². The van der Waals surface area contributed by atoms with E-state index >= 15 is 0 Å². The summed E-state index contributed by atoms with van der Waals surface area (Å²) in [5.41, 5.74) is 6.53. The number of rotatable bonds is 4. The van der Waals surface area contributed by atoms with E-state index in [4.69, 9.17) is 14.3 Å². The van der Waals surface area contributed by atoms with Crippen molar-refractivity contribution in [2.75, 3.05) is 13.7 Å². The summed E-state index contributed by atoms with van der Waals surface area (Å²) in [5.74, 6) is 1.46. The van der Waals surface area contributed by atoms with Gasteiger partial charge in [-0.1, -0.05) is 19.9 Å². The lowest BCUT2D eigenvalue weighted by Gasteiger charge is -2.32. The summed E-state index contributed by atoms with van der Waals surface area (Å²) in [7, 11) is 0.828. The normalized spacial score (nSPS) is 21.0. The van der Waals surface area contributed by atoms with Crippen LogP contribution in [0, 0.1) is 5.92 Å². The van der Waals surface area contributed by atoms with Crippen LogP contribution in [0.25, 0.3) is 11.0 Å². The van der Waals surface area contributed by atoms with Crippen LogP contribution in [0.5, 0.6) is 0 Å². The number of amides is 2. The number of fused-ring (bicyclic) bond motifs is 1. The van der Waals surface area contributed by atoms with Crippen molar-refractivity contribution in [3.05, 3.63) is 24.0 Å². The number of hydrogen-bond donors (Lipinski definition) is 2. The highest BCUT2D eigenvalue weighted by Gasteiger charge is 2.51. The zero-order valence-electron chi connectivity index (χ0n) is 21.3. The second kappa shape index (κ2) is 9.96. The van der Waals surface area contributed by atoms with E-state index in [0.29, 0.717) is 12.3 Å². The molecule has 9 nitrogen and oxygen atoms in total. The zero-order valence-corrected chi connectivity index (χ0v) is 21.3. The van der Waals surface area contributed by atoms with E-state index in [0.717, 1.165) is 41.7 Å². The molecule has 3 N–H and O–H groups in total. The Labute approximate surface area is 201 Å². The van der Waals surface area contributed by atoms with Crippen LogP contribution in [0.2, 0.25) is 0 Å². The van der Waals surface area contributed by atoms with Gasteiger partial charge in [0.15, 0.2) is 0 Å². The predicted octanol–water partition coefficient (Wildman–Crippen LogP) is 3.28. The Kier molecular flexibility index (Phi) is 7.62. The number of aromatic amines is 1. The molecule has 0 aliphatic carbocycles. The molecular formula is C24H37BN4O5. The van der Waals surface area contributed by atoms with E-state index in [1.165, 1.54) is 7.11 Å². The molecule has 4 rings (SSSR count). The maximum atomic E-state index is 12.7. The molecule has 2 aliphatic rings. The second-order valence-electron chi connectivity index (χ2n) is 10.4. The molecule has 2 amide bonds. The van der Waals surface area contributed by atoms with Crippen LogP contribution in [0.1, 0.15) is 72.7 Å². The van der Waals surface area contributed by atoms with Crippen molar-refractivity contribution in [1.29, 1.82) is 0 Å². The Bertz CT molecular complexity index is 1020. The first-order chi connectivity index (χ1) is 15.8. The monoisotopic (exact) mass is 472 g/mol. The molecule has 0 radical (unpaired) electrons. The number of nitrogens with zero attached hydrogens (tertiary/aromatic N) is 2. The summed E-state index contributed by atoms with van der Waals surface area (Å²) in [6.07, 6.45) is 1.81. The van der Waals surface area contributed by atoms with E-state index in [2.05, 4.69) is 63.1 Å². The molecule has 1 unspecified atom stereocenters. The van der Waals surface area contributed by atoms with Crippen molar-refractivity contribution in [2.45, 2.75) is 78.0 Å². The van der Waals surface area contributed by atoms with Gasteiger partial charge in [0.2, 0.25) is 5.91 Å². The van der Waals surface area contributed by atoms with Crippen LogP contribution < -0.4 is 11.2 Å². The molecule has 34 heavy (non-hydrogen) atoms. The van der Waals surface area contributed by atoms with E-state index < -0.39 is 13.2 Å². The Morgan fingerprint density at radius 1 is 1.26 bits per heavy atom. The molecule has 2 fully saturated rings. The van der Waals surface area contributed by atoms with E-state index in [9.17, 15) is 9.59 Å². The third-order valence-corrected chi connectivity index (χ3v) is 6.72. The first kappa shape index (κ1) is 26.0. The number of imidazole rings is 1. The van der Waals surface area contributed by atoms with Crippen molar-refractivity contribution in [2.24, 2.45) is 11.7 Å². The molecule has 0 bridgehead atoms. The number of benzene rings is 1. The van der Waals surface area contributed by atoms with Gasteiger partial charge in [0.25, 0.3) is 0 Å². The maximum Gasteiger partial charge on any atom is 0.494 e. The third-order valence-electron chi connectivity index (χ3n) is 6.72. The molecule has 2 aromatic rings. The zero-order chi connectivity index (χ0) is 25.3. The fraction of sp³-hybridized carbons (Fsp3) is 0.625. The highest BCUT2D eigenvalue weighted by Crippen LogP contribution is 2.37. The molecule has 186 valence electrons. The number of carbonyl (C=O) groups excluding carboxylic acids is 2. The summed E-state index contributed by atoms with van der Waals surface area (Å²) in [6.45, 7) is 13.2. The van der Waals surface area contributed by atoms with Gasteiger partial charge >= 0.3 is 13.2 Å². The van der Waals surface area contributed by atoms with Gasteiger partial charge in [-0.2, -0.15) is 0 Å². The fourth-order valence-electron chi connectivity index (χ4n) is 4.15. The van der Waals surface area contributed by atoms with Gasteiger partial charge in [0.1, 0.15) is 5.82 Å². The Morgan fingerprint density at radius 2 is 1.88 bits per heavy atom. The molecule has 0 saturated carbocycles. The fourth-order valence-corrected chi connectivity index (χ4v) is 4.15. The van der Waals surface area contributed by atoms with Crippen molar-refractivity contribution in [1.82, 2.24) is 14.9 Å². The number of H-pyrrole nitrogens is 1. The van der Waals surface area contributed by atoms with Gasteiger partial charge in [-0.25, -0.2) is 9.78 Å². The Balaban J connectivity index is 0.000000588. The largest absolute Gasteiger partial charge is 0.494 e. The van der Waals surface area contributed by atoms with E-state index in [-0.39, 0.29) is 23.2 Å². The summed E-state index contributed by atoms with van der Waals surface area (Å²) in [4.78, 5) is 32.3. The van der Waals surface area contributed by atoms with Crippen molar-refractivity contribution in [3.8, 4) is 0 Å². The van der Waals surface area contributed by atoms with Crippen LogP contribution in [0.4, 0.5) is 4.79 Å². The number of hydrogen-bond acceptors (Lipinski definition) is 6. The van der Waals surface area contributed by atoms with Gasteiger partial charge in [0, 0.05) is 13.0 Å². The maximum absolute atomic E-state index is 12.7. The molecular weight excluding hydrogens is 435 g/mol. The van der Waals surface area contributed by atoms with Crippen molar-refractivity contribution in [3.63, 3.8) is 0 Å². The number of ether oxygens (including phenoxy) is 1. The van der Waals surface area contributed by atoms with Gasteiger partial charge in [-0.15, -0.1) is 0 Å². The van der Waals surface area contributed by atoms with Crippen LogP contribution in [0.3, 0.4) is 0 Å². The Hall–Kier alpha value is -2.59. The predicted molar refractivity (Wildman–Crippen MR) is 132 cm³/mol. The molecule has 0 spiro atoms. The molecule has 1 atom stereocenters. The van der Waals surface area contributed by atoms with E-state index in [1.54, 1.807) is 0 Å². The molecule has 2 aliphatic heterocycles. The van der Waals surface area contributed by atoms with Crippen molar-refractivity contribution < 1.29 is 23.6 Å². The second-order valence-corrected chi connectivity index (χ2v) is 10.4. The summed E-state index contributed by atoms with van der Waals surface area (Å²) in [6, 6.07) is 6.12.